The highest BCUT2D eigenvalue weighted by Gasteiger charge is 2.29. The molecule has 186 valence electrons. The average molecular weight is 488 g/mol. The number of pyridine rings is 1. The molecule has 34 heavy (non-hydrogen) atoms. The van der Waals surface area contributed by atoms with Crippen LogP contribution < -0.4 is 10.2 Å². The Morgan fingerprint density at radius 2 is 2.00 bits per heavy atom. The molecule has 1 N–H and O–H groups in total. The summed E-state index contributed by atoms with van der Waals surface area (Å²) in [6.45, 7) is 13.4. The molecular formula is C27H38ClN3O3. The molecule has 2 aromatic rings. The second-order valence-electron chi connectivity index (χ2n) is 9.97. The van der Waals surface area contributed by atoms with Crippen LogP contribution in [-0.4, -0.2) is 43.4 Å². The number of nitrogens with zero attached hydrogens (tertiary/aromatic N) is 2. The van der Waals surface area contributed by atoms with E-state index in [0.717, 1.165) is 55.4 Å². The second-order valence-corrected chi connectivity index (χ2v) is 10.4. The van der Waals surface area contributed by atoms with E-state index in [1.165, 1.54) is 0 Å². The van der Waals surface area contributed by atoms with E-state index in [4.69, 9.17) is 21.1 Å². The molecular weight excluding hydrogens is 450 g/mol. The quantitative estimate of drug-likeness (QED) is 0.394. The van der Waals surface area contributed by atoms with Gasteiger partial charge in [0.15, 0.2) is 0 Å². The van der Waals surface area contributed by atoms with Crippen LogP contribution >= 0.6 is 11.6 Å². The summed E-state index contributed by atoms with van der Waals surface area (Å²) in [5.74, 6) is 1.04. The van der Waals surface area contributed by atoms with Crippen molar-refractivity contribution in [3.05, 3.63) is 47.1 Å². The highest BCUT2D eigenvalue weighted by molar-refractivity contribution is 6.30. The monoisotopic (exact) mass is 487 g/mol. The van der Waals surface area contributed by atoms with Crippen LogP contribution in [0.2, 0.25) is 5.02 Å². The lowest BCUT2D eigenvalue weighted by atomic mass is 9.81. The van der Waals surface area contributed by atoms with E-state index in [1.807, 2.05) is 19.1 Å². The summed E-state index contributed by atoms with van der Waals surface area (Å²) in [7, 11) is 0. The Bertz CT molecular complexity index is 941. The van der Waals surface area contributed by atoms with Crippen LogP contribution in [0.4, 0.5) is 17.2 Å². The zero-order chi connectivity index (χ0) is 24.7. The van der Waals surface area contributed by atoms with Crippen LogP contribution in [0.3, 0.4) is 0 Å². The Labute approximate surface area is 209 Å². The number of halogens is 1. The summed E-state index contributed by atoms with van der Waals surface area (Å²) < 4.78 is 10.9. The fourth-order valence-corrected chi connectivity index (χ4v) is 4.52. The summed E-state index contributed by atoms with van der Waals surface area (Å²) >= 11 is 6.06. The van der Waals surface area contributed by atoms with Gasteiger partial charge in [0.25, 0.3) is 0 Å². The Morgan fingerprint density at radius 1 is 1.26 bits per heavy atom. The lowest BCUT2D eigenvalue weighted by Gasteiger charge is -2.39. The maximum Gasteiger partial charge on any atom is 0.306 e. The van der Waals surface area contributed by atoms with E-state index in [9.17, 15) is 4.79 Å². The van der Waals surface area contributed by atoms with Gasteiger partial charge in [-0.15, -0.1) is 0 Å². The van der Waals surface area contributed by atoms with Crippen LogP contribution in [0, 0.1) is 5.92 Å². The maximum atomic E-state index is 12.3. The number of aromatic nitrogens is 1. The van der Waals surface area contributed by atoms with Crippen molar-refractivity contribution in [2.75, 3.05) is 36.6 Å². The van der Waals surface area contributed by atoms with E-state index in [-0.39, 0.29) is 11.4 Å². The Morgan fingerprint density at radius 3 is 2.62 bits per heavy atom. The van der Waals surface area contributed by atoms with Gasteiger partial charge >= 0.3 is 5.97 Å². The van der Waals surface area contributed by atoms with Crippen molar-refractivity contribution in [3.63, 3.8) is 0 Å². The molecule has 0 atom stereocenters. The number of carbonyl (C=O) groups excluding carboxylic acids is 1. The number of hydrogen-bond acceptors (Lipinski definition) is 6. The topological polar surface area (TPSA) is 63.7 Å². The normalized spacial score (nSPS) is 14.8. The summed E-state index contributed by atoms with van der Waals surface area (Å²) in [4.78, 5) is 19.2. The molecule has 0 amide bonds. The molecule has 0 bridgehead atoms. The van der Waals surface area contributed by atoms with Gasteiger partial charge in [-0.05, 0) is 55.5 Å². The Hall–Kier alpha value is -2.31. The van der Waals surface area contributed by atoms with Crippen LogP contribution in [0.1, 0.15) is 59.4 Å². The van der Waals surface area contributed by atoms with Crippen LogP contribution in [-0.2, 0) is 19.7 Å². The molecule has 0 aliphatic carbocycles. The highest BCUT2D eigenvalue weighted by Crippen LogP contribution is 2.38. The number of rotatable bonds is 10. The number of nitrogens with one attached hydrogen (secondary N) is 1. The Kier molecular flexibility index (Phi) is 9.20. The van der Waals surface area contributed by atoms with Gasteiger partial charge in [0.1, 0.15) is 5.82 Å². The zero-order valence-corrected chi connectivity index (χ0v) is 21.8. The third-order valence-electron chi connectivity index (χ3n) is 6.16. The fourth-order valence-electron chi connectivity index (χ4n) is 4.40. The minimum Gasteiger partial charge on any atom is -0.466 e. The molecule has 0 spiro atoms. The van der Waals surface area contributed by atoms with Gasteiger partial charge in [-0.25, -0.2) is 4.98 Å². The van der Waals surface area contributed by atoms with Crippen LogP contribution in [0.25, 0.3) is 0 Å². The van der Waals surface area contributed by atoms with Crippen molar-refractivity contribution < 1.29 is 14.3 Å². The Balaban J connectivity index is 2.02. The lowest BCUT2D eigenvalue weighted by Crippen LogP contribution is -2.42. The minimum absolute atomic E-state index is 0.186. The average Bonchev–Trinajstić information content (AvgIpc) is 2.79. The molecule has 0 unspecified atom stereocenters. The first-order chi connectivity index (χ1) is 16.2. The number of anilines is 3. The van der Waals surface area contributed by atoms with Gasteiger partial charge in [-0.3, -0.25) is 4.79 Å². The van der Waals surface area contributed by atoms with Gasteiger partial charge in [-0.1, -0.05) is 45.4 Å². The smallest absolute Gasteiger partial charge is 0.306 e. The third-order valence-corrected chi connectivity index (χ3v) is 6.39. The maximum absolute atomic E-state index is 12.3. The molecule has 2 heterocycles. The van der Waals surface area contributed by atoms with Gasteiger partial charge in [0.05, 0.1) is 29.4 Å². The molecule has 1 aromatic carbocycles. The number of hydrogen-bond donors (Lipinski definition) is 1. The lowest BCUT2D eigenvalue weighted by molar-refractivity contribution is -0.144. The number of ether oxygens (including phenoxy) is 2. The van der Waals surface area contributed by atoms with E-state index >= 15 is 0 Å². The summed E-state index contributed by atoms with van der Waals surface area (Å²) in [6, 6.07) is 10.6. The van der Waals surface area contributed by atoms with Crippen molar-refractivity contribution >= 4 is 34.8 Å². The highest BCUT2D eigenvalue weighted by atomic mass is 35.5. The number of carbonyl (C=O) groups is 1. The van der Waals surface area contributed by atoms with E-state index in [0.29, 0.717) is 30.0 Å². The van der Waals surface area contributed by atoms with Crippen molar-refractivity contribution in [2.45, 2.75) is 65.3 Å². The van der Waals surface area contributed by atoms with Gasteiger partial charge < -0.3 is 19.7 Å². The standard InChI is InChI=1S/C27H38ClN3O3/c1-6-34-26(32)16-27(4,5)20-7-9-24(23(15-20)30-25-10-8-21(28)17-29-25)31(18-19(2)3)22-11-13-33-14-12-22/h7-10,15,17,19,22H,6,11-14,16,18H2,1-5H3,(H,29,30). The first-order valence-corrected chi connectivity index (χ1v) is 12.6. The first kappa shape index (κ1) is 26.3. The summed E-state index contributed by atoms with van der Waals surface area (Å²) in [6.07, 6.45) is 3.96. The van der Waals surface area contributed by atoms with Gasteiger partial charge in [-0.2, -0.15) is 0 Å². The molecule has 3 rings (SSSR count). The van der Waals surface area contributed by atoms with Gasteiger partial charge in [0.2, 0.25) is 0 Å². The predicted octanol–water partition coefficient (Wildman–Crippen LogP) is 6.35. The molecule has 1 aliphatic rings. The van der Waals surface area contributed by atoms with Crippen molar-refractivity contribution in [3.8, 4) is 0 Å². The molecule has 0 radical (unpaired) electrons. The van der Waals surface area contributed by atoms with Crippen molar-refractivity contribution in [1.82, 2.24) is 4.98 Å². The molecule has 7 heteroatoms. The van der Waals surface area contributed by atoms with Gasteiger partial charge in [0, 0.05) is 37.4 Å². The van der Waals surface area contributed by atoms with Crippen LogP contribution in [0.15, 0.2) is 36.5 Å². The number of esters is 1. The van der Waals surface area contributed by atoms with E-state index in [1.54, 1.807) is 6.20 Å². The fraction of sp³-hybridized carbons (Fsp3) is 0.556. The summed E-state index contributed by atoms with van der Waals surface area (Å²) in [5, 5.41) is 4.12. The van der Waals surface area contributed by atoms with Crippen molar-refractivity contribution in [1.29, 1.82) is 0 Å². The zero-order valence-electron chi connectivity index (χ0n) is 21.1. The van der Waals surface area contributed by atoms with Crippen molar-refractivity contribution in [2.24, 2.45) is 5.92 Å². The second kappa shape index (κ2) is 11.9. The molecule has 1 aliphatic heterocycles. The number of benzene rings is 1. The molecule has 0 saturated carbocycles. The molecule has 6 nitrogen and oxygen atoms in total. The molecule has 1 aromatic heterocycles. The minimum atomic E-state index is -0.379. The first-order valence-electron chi connectivity index (χ1n) is 12.2. The molecule has 1 fully saturated rings. The molecule has 1 saturated heterocycles. The van der Waals surface area contributed by atoms with E-state index in [2.05, 4.69) is 61.1 Å². The largest absolute Gasteiger partial charge is 0.466 e. The SMILES string of the molecule is CCOC(=O)CC(C)(C)c1ccc(N(CC(C)C)C2CCOCC2)c(Nc2ccc(Cl)cn2)c1. The van der Waals surface area contributed by atoms with Crippen LogP contribution in [0.5, 0.6) is 0 Å². The summed E-state index contributed by atoms with van der Waals surface area (Å²) in [5.41, 5.74) is 2.79. The third kappa shape index (κ3) is 7.09. The predicted molar refractivity (Wildman–Crippen MR) is 139 cm³/mol. The van der Waals surface area contributed by atoms with E-state index < -0.39 is 0 Å².